The highest BCUT2D eigenvalue weighted by molar-refractivity contribution is 5.48. The zero-order valence-corrected chi connectivity index (χ0v) is 12.8. The van der Waals surface area contributed by atoms with Gasteiger partial charge in [-0.3, -0.25) is 0 Å². The molecule has 2 unspecified atom stereocenters. The Labute approximate surface area is 122 Å². The predicted octanol–water partition coefficient (Wildman–Crippen LogP) is 2.15. The topological polar surface area (TPSA) is 33.7 Å². The van der Waals surface area contributed by atoms with E-state index in [-0.39, 0.29) is 0 Å². The molecule has 20 heavy (non-hydrogen) atoms. The Hall–Kier alpha value is -1.26. The SMILES string of the molecule is CCCNC1COCC1CN(C)c1ccc(OC)cc1. The first kappa shape index (κ1) is 15.1. The van der Waals surface area contributed by atoms with Gasteiger partial charge in [-0.25, -0.2) is 0 Å². The van der Waals surface area contributed by atoms with Crippen LogP contribution in [0.5, 0.6) is 5.75 Å². The number of rotatable bonds is 7. The third-order valence-corrected chi connectivity index (χ3v) is 3.88. The van der Waals surface area contributed by atoms with Crippen LogP contribution in [0.25, 0.3) is 0 Å². The summed E-state index contributed by atoms with van der Waals surface area (Å²) in [7, 11) is 3.83. The van der Waals surface area contributed by atoms with E-state index < -0.39 is 0 Å². The summed E-state index contributed by atoms with van der Waals surface area (Å²) < 4.78 is 10.8. The Balaban J connectivity index is 1.90. The lowest BCUT2D eigenvalue weighted by Crippen LogP contribution is -2.41. The summed E-state index contributed by atoms with van der Waals surface area (Å²) in [5.41, 5.74) is 1.21. The number of anilines is 1. The van der Waals surface area contributed by atoms with E-state index in [9.17, 15) is 0 Å². The van der Waals surface area contributed by atoms with Gasteiger partial charge >= 0.3 is 0 Å². The molecule has 1 aliphatic heterocycles. The lowest BCUT2D eigenvalue weighted by Gasteiger charge is -2.26. The van der Waals surface area contributed by atoms with Gasteiger partial charge in [0.15, 0.2) is 0 Å². The van der Waals surface area contributed by atoms with Crippen LogP contribution in [-0.2, 0) is 4.74 Å². The lowest BCUT2D eigenvalue weighted by atomic mass is 10.0. The number of ether oxygens (including phenoxy) is 2. The highest BCUT2D eigenvalue weighted by Gasteiger charge is 2.28. The van der Waals surface area contributed by atoms with Crippen LogP contribution in [-0.4, -0.2) is 46.5 Å². The van der Waals surface area contributed by atoms with E-state index in [1.54, 1.807) is 7.11 Å². The van der Waals surface area contributed by atoms with Crippen molar-refractivity contribution in [2.24, 2.45) is 5.92 Å². The third-order valence-electron chi connectivity index (χ3n) is 3.88. The molecule has 1 aromatic carbocycles. The number of benzene rings is 1. The molecular formula is C16H26N2O2. The van der Waals surface area contributed by atoms with Crippen molar-refractivity contribution in [3.63, 3.8) is 0 Å². The van der Waals surface area contributed by atoms with Crippen molar-refractivity contribution in [1.29, 1.82) is 0 Å². The van der Waals surface area contributed by atoms with E-state index >= 15 is 0 Å². The Morgan fingerprint density at radius 2 is 2.05 bits per heavy atom. The van der Waals surface area contributed by atoms with Crippen LogP contribution in [0.4, 0.5) is 5.69 Å². The van der Waals surface area contributed by atoms with Crippen molar-refractivity contribution >= 4 is 5.69 Å². The number of nitrogens with one attached hydrogen (secondary N) is 1. The van der Waals surface area contributed by atoms with E-state index in [1.165, 1.54) is 5.69 Å². The summed E-state index contributed by atoms with van der Waals surface area (Å²) in [5.74, 6) is 1.45. The van der Waals surface area contributed by atoms with Crippen LogP contribution in [0, 0.1) is 5.92 Å². The Morgan fingerprint density at radius 3 is 2.70 bits per heavy atom. The van der Waals surface area contributed by atoms with Gasteiger partial charge in [0, 0.05) is 31.2 Å². The smallest absolute Gasteiger partial charge is 0.119 e. The molecule has 0 saturated carbocycles. The van der Waals surface area contributed by atoms with Crippen LogP contribution < -0.4 is 15.0 Å². The van der Waals surface area contributed by atoms with Gasteiger partial charge in [0.05, 0.1) is 20.3 Å². The maximum atomic E-state index is 5.63. The molecule has 1 heterocycles. The van der Waals surface area contributed by atoms with Crippen LogP contribution >= 0.6 is 0 Å². The Morgan fingerprint density at radius 1 is 1.30 bits per heavy atom. The van der Waals surface area contributed by atoms with Crippen molar-refractivity contribution in [3.05, 3.63) is 24.3 Å². The highest BCUT2D eigenvalue weighted by Crippen LogP contribution is 2.21. The fourth-order valence-corrected chi connectivity index (χ4v) is 2.63. The maximum Gasteiger partial charge on any atom is 0.119 e. The van der Waals surface area contributed by atoms with E-state index in [0.717, 1.165) is 38.5 Å². The molecule has 4 nitrogen and oxygen atoms in total. The first-order valence-electron chi connectivity index (χ1n) is 7.41. The number of methoxy groups -OCH3 is 1. The monoisotopic (exact) mass is 278 g/mol. The van der Waals surface area contributed by atoms with Crippen LogP contribution in [0.15, 0.2) is 24.3 Å². The largest absolute Gasteiger partial charge is 0.497 e. The summed E-state index contributed by atoms with van der Waals surface area (Å²) in [6, 6.07) is 8.69. The molecule has 0 aliphatic carbocycles. The summed E-state index contributed by atoms with van der Waals surface area (Å²) in [5, 5.41) is 3.58. The molecule has 1 fully saturated rings. The standard InChI is InChI=1S/C16H26N2O2/c1-4-9-17-16-12-20-11-13(16)10-18(2)14-5-7-15(19-3)8-6-14/h5-8,13,16-17H,4,9-12H2,1-3H3. The number of nitrogens with zero attached hydrogens (tertiary/aromatic N) is 1. The van der Waals surface area contributed by atoms with E-state index in [0.29, 0.717) is 12.0 Å². The molecule has 1 saturated heterocycles. The molecule has 4 heteroatoms. The molecule has 0 spiro atoms. The molecule has 0 bridgehead atoms. The second-order valence-corrected chi connectivity index (χ2v) is 5.44. The summed E-state index contributed by atoms with van der Waals surface area (Å²) in [4.78, 5) is 2.29. The van der Waals surface area contributed by atoms with Crippen molar-refractivity contribution in [3.8, 4) is 5.75 Å². The first-order valence-corrected chi connectivity index (χ1v) is 7.41. The van der Waals surface area contributed by atoms with Gasteiger partial charge in [-0.05, 0) is 37.2 Å². The van der Waals surface area contributed by atoms with E-state index in [4.69, 9.17) is 9.47 Å². The van der Waals surface area contributed by atoms with Gasteiger partial charge in [0.25, 0.3) is 0 Å². The molecule has 1 aliphatic rings. The van der Waals surface area contributed by atoms with Gasteiger partial charge < -0.3 is 19.7 Å². The highest BCUT2D eigenvalue weighted by atomic mass is 16.5. The molecule has 0 amide bonds. The maximum absolute atomic E-state index is 5.63. The van der Waals surface area contributed by atoms with Crippen molar-refractivity contribution in [2.45, 2.75) is 19.4 Å². The second-order valence-electron chi connectivity index (χ2n) is 5.44. The van der Waals surface area contributed by atoms with Crippen LogP contribution in [0.2, 0.25) is 0 Å². The molecule has 2 rings (SSSR count). The van der Waals surface area contributed by atoms with Crippen molar-refractivity contribution < 1.29 is 9.47 Å². The third kappa shape index (κ3) is 3.87. The van der Waals surface area contributed by atoms with Gasteiger partial charge in [-0.15, -0.1) is 0 Å². The normalized spacial score (nSPS) is 21.9. The molecule has 112 valence electrons. The number of hydrogen-bond donors (Lipinski definition) is 1. The summed E-state index contributed by atoms with van der Waals surface area (Å²) >= 11 is 0. The van der Waals surface area contributed by atoms with Gasteiger partial charge in [-0.2, -0.15) is 0 Å². The lowest BCUT2D eigenvalue weighted by molar-refractivity contribution is 0.183. The Bertz CT molecular complexity index is 394. The average Bonchev–Trinajstić information content (AvgIpc) is 2.92. The average molecular weight is 278 g/mol. The van der Waals surface area contributed by atoms with Crippen LogP contribution in [0.3, 0.4) is 0 Å². The van der Waals surface area contributed by atoms with Gasteiger partial charge in [0.2, 0.25) is 0 Å². The molecule has 1 aromatic rings. The summed E-state index contributed by atoms with van der Waals surface area (Å²) in [6.45, 7) is 5.95. The minimum absolute atomic E-state index is 0.482. The molecule has 0 aromatic heterocycles. The minimum atomic E-state index is 0.482. The van der Waals surface area contributed by atoms with Crippen molar-refractivity contribution in [2.75, 3.05) is 45.4 Å². The minimum Gasteiger partial charge on any atom is -0.497 e. The quantitative estimate of drug-likeness (QED) is 0.828. The Kier molecular flexibility index (Phi) is 5.68. The van der Waals surface area contributed by atoms with Crippen molar-refractivity contribution in [1.82, 2.24) is 5.32 Å². The zero-order chi connectivity index (χ0) is 14.4. The van der Waals surface area contributed by atoms with Crippen LogP contribution in [0.1, 0.15) is 13.3 Å². The van der Waals surface area contributed by atoms with Gasteiger partial charge in [-0.1, -0.05) is 6.92 Å². The predicted molar refractivity (Wildman–Crippen MR) is 82.7 cm³/mol. The number of hydrogen-bond acceptors (Lipinski definition) is 4. The summed E-state index contributed by atoms with van der Waals surface area (Å²) in [6.07, 6.45) is 1.16. The molecule has 2 atom stereocenters. The van der Waals surface area contributed by atoms with Gasteiger partial charge in [0.1, 0.15) is 5.75 Å². The van der Waals surface area contributed by atoms with E-state index in [2.05, 4.69) is 36.3 Å². The molecule has 0 radical (unpaired) electrons. The second kappa shape index (κ2) is 7.50. The molecule has 1 N–H and O–H groups in total. The fourth-order valence-electron chi connectivity index (χ4n) is 2.63. The fraction of sp³-hybridized carbons (Fsp3) is 0.625. The zero-order valence-electron chi connectivity index (χ0n) is 12.8. The first-order chi connectivity index (χ1) is 9.74. The van der Waals surface area contributed by atoms with E-state index in [1.807, 2.05) is 12.1 Å². The molecular weight excluding hydrogens is 252 g/mol.